The molecule has 142 valence electrons. The largest absolute Gasteiger partial charge is 0.465 e. The van der Waals surface area contributed by atoms with Gasteiger partial charge in [0.15, 0.2) is 0 Å². The highest BCUT2D eigenvalue weighted by Crippen LogP contribution is 2.24. The van der Waals surface area contributed by atoms with Gasteiger partial charge in [-0.05, 0) is 42.6 Å². The quantitative estimate of drug-likeness (QED) is 0.597. The van der Waals surface area contributed by atoms with Crippen LogP contribution in [-0.4, -0.2) is 41.2 Å². The van der Waals surface area contributed by atoms with Crippen molar-refractivity contribution >= 4 is 17.3 Å². The van der Waals surface area contributed by atoms with Gasteiger partial charge in [-0.2, -0.15) is 0 Å². The number of hydrogen-bond donors (Lipinski definition) is 1. The highest BCUT2D eigenvalue weighted by atomic mass is 32.1. The SMILES string of the molecule is COC(=O)c1ccc(-c2nc(CN(CCO)Cc3cccs3)c(C)o2)cc1. The summed E-state index contributed by atoms with van der Waals surface area (Å²) in [6.45, 7) is 3.89. The summed E-state index contributed by atoms with van der Waals surface area (Å²) < 4.78 is 10.5. The van der Waals surface area contributed by atoms with Gasteiger partial charge in [0.2, 0.25) is 5.89 Å². The Hall–Kier alpha value is -2.48. The number of oxazole rings is 1. The fraction of sp³-hybridized carbons (Fsp3) is 0.300. The van der Waals surface area contributed by atoms with Crippen LogP contribution in [0.1, 0.15) is 26.7 Å². The Labute approximate surface area is 162 Å². The number of nitrogens with zero attached hydrogens (tertiary/aromatic N) is 2. The van der Waals surface area contributed by atoms with E-state index in [-0.39, 0.29) is 12.6 Å². The van der Waals surface area contributed by atoms with Crippen LogP contribution in [-0.2, 0) is 17.8 Å². The van der Waals surface area contributed by atoms with Gasteiger partial charge < -0.3 is 14.3 Å². The molecule has 2 heterocycles. The molecule has 0 aliphatic heterocycles. The van der Waals surface area contributed by atoms with Gasteiger partial charge in [-0.1, -0.05) is 6.07 Å². The lowest BCUT2D eigenvalue weighted by Gasteiger charge is -2.19. The molecule has 1 aromatic carbocycles. The van der Waals surface area contributed by atoms with Crippen LogP contribution in [0, 0.1) is 6.92 Å². The van der Waals surface area contributed by atoms with E-state index in [4.69, 9.17) is 9.15 Å². The summed E-state index contributed by atoms with van der Waals surface area (Å²) in [5.74, 6) is 0.884. The molecule has 0 saturated heterocycles. The van der Waals surface area contributed by atoms with E-state index in [1.807, 2.05) is 18.4 Å². The minimum absolute atomic E-state index is 0.0874. The highest BCUT2D eigenvalue weighted by Gasteiger charge is 2.16. The van der Waals surface area contributed by atoms with Crippen molar-refractivity contribution in [3.8, 4) is 11.5 Å². The van der Waals surface area contributed by atoms with Crippen LogP contribution in [0.2, 0.25) is 0 Å². The van der Waals surface area contributed by atoms with Crippen molar-refractivity contribution in [3.63, 3.8) is 0 Å². The maximum Gasteiger partial charge on any atom is 0.337 e. The molecule has 27 heavy (non-hydrogen) atoms. The Morgan fingerprint density at radius 3 is 2.67 bits per heavy atom. The average Bonchev–Trinajstić information content (AvgIpc) is 3.31. The Morgan fingerprint density at radius 2 is 2.04 bits per heavy atom. The van der Waals surface area contributed by atoms with E-state index in [2.05, 4.69) is 16.0 Å². The highest BCUT2D eigenvalue weighted by molar-refractivity contribution is 7.09. The van der Waals surface area contributed by atoms with E-state index >= 15 is 0 Å². The molecule has 0 unspecified atom stereocenters. The molecule has 0 aliphatic carbocycles. The van der Waals surface area contributed by atoms with E-state index < -0.39 is 0 Å². The monoisotopic (exact) mass is 386 g/mol. The smallest absolute Gasteiger partial charge is 0.337 e. The summed E-state index contributed by atoms with van der Waals surface area (Å²) in [4.78, 5) is 19.5. The first-order valence-electron chi connectivity index (χ1n) is 8.61. The summed E-state index contributed by atoms with van der Waals surface area (Å²) in [5, 5.41) is 11.4. The van der Waals surface area contributed by atoms with Crippen LogP contribution in [0.3, 0.4) is 0 Å². The van der Waals surface area contributed by atoms with E-state index in [1.54, 1.807) is 35.6 Å². The molecule has 3 aromatic rings. The van der Waals surface area contributed by atoms with E-state index in [9.17, 15) is 9.90 Å². The summed E-state index contributed by atoms with van der Waals surface area (Å²) in [7, 11) is 1.36. The van der Waals surface area contributed by atoms with E-state index in [0.29, 0.717) is 24.5 Å². The fourth-order valence-corrected chi connectivity index (χ4v) is 3.50. The van der Waals surface area contributed by atoms with Crippen molar-refractivity contribution in [1.82, 2.24) is 9.88 Å². The fourth-order valence-electron chi connectivity index (χ4n) is 2.76. The Kier molecular flexibility index (Phi) is 6.39. The third-order valence-electron chi connectivity index (χ3n) is 4.19. The number of aromatic nitrogens is 1. The summed E-state index contributed by atoms with van der Waals surface area (Å²) >= 11 is 1.69. The van der Waals surface area contributed by atoms with Crippen LogP contribution in [0.4, 0.5) is 0 Å². The molecule has 0 bridgehead atoms. The van der Waals surface area contributed by atoms with Gasteiger partial charge in [-0.3, -0.25) is 4.90 Å². The first-order valence-corrected chi connectivity index (χ1v) is 9.49. The van der Waals surface area contributed by atoms with Gasteiger partial charge in [-0.15, -0.1) is 11.3 Å². The first kappa shape index (κ1) is 19.3. The number of aliphatic hydroxyl groups excluding tert-OH is 1. The molecule has 1 N–H and O–H groups in total. The van der Waals surface area contributed by atoms with Gasteiger partial charge in [0, 0.05) is 30.1 Å². The molecule has 0 fully saturated rings. The molecule has 2 aromatic heterocycles. The molecule has 3 rings (SSSR count). The van der Waals surface area contributed by atoms with Gasteiger partial charge in [0.25, 0.3) is 0 Å². The third kappa shape index (κ3) is 4.82. The van der Waals surface area contributed by atoms with Gasteiger partial charge in [0.05, 0.1) is 25.0 Å². The molecular formula is C20H22N2O4S. The van der Waals surface area contributed by atoms with Crippen molar-refractivity contribution < 1.29 is 19.1 Å². The van der Waals surface area contributed by atoms with Crippen LogP contribution in [0.15, 0.2) is 46.2 Å². The number of benzene rings is 1. The van der Waals surface area contributed by atoms with Crippen molar-refractivity contribution in [1.29, 1.82) is 0 Å². The standard InChI is InChI=1S/C20H22N2O4S/c1-14-18(13-22(9-10-23)12-17-4-3-11-27-17)21-19(26-14)15-5-7-16(8-6-15)20(24)25-2/h3-8,11,23H,9-10,12-13H2,1-2H3. The number of hydrogen-bond acceptors (Lipinski definition) is 7. The number of aryl methyl sites for hydroxylation is 1. The lowest BCUT2D eigenvalue weighted by Crippen LogP contribution is -2.26. The normalized spacial score (nSPS) is 11.1. The van der Waals surface area contributed by atoms with Gasteiger partial charge >= 0.3 is 5.97 Å². The van der Waals surface area contributed by atoms with Crippen LogP contribution in [0.25, 0.3) is 11.5 Å². The molecular weight excluding hydrogens is 364 g/mol. The van der Waals surface area contributed by atoms with Gasteiger partial charge in [0.1, 0.15) is 5.76 Å². The molecule has 6 nitrogen and oxygen atoms in total. The second-order valence-corrected chi connectivity index (χ2v) is 7.14. The maximum absolute atomic E-state index is 11.5. The number of carbonyl (C=O) groups excluding carboxylic acids is 1. The number of thiophene rings is 1. The molecule has 0 aliphatic rings. The maximum atomic E-state index is 11.5. The van der Waals surface area contributed by atoms with Crippen LogP contribution in [0.5, 0.6) is 0 Å². The van der Waals surface area contributed by atoms with Crippen molar-refractivity contribution in [2.45, 2.75) is 20.0 Å². The molecule has 7 heteroatoms. The number of aliphatic hydroxyl groups is 1. The summed E-state index contributed by atoms with van der Waals surface area (Å²) in [6, 6.07) is 11.1. The van der Waals surface area contributed by atoms with Gasteiger partial charge in [-0.25, -0.2) is 9.78 Å². The molecule has 0 saturated carbocycles. The van der Waals surface area contributed by atoms with E-state index in [0.717, 1.165) is 23.6 Å². The second kappa shape index (κ2) is 8.94. The lowest BCUT2D eigenvalue weighted by atomic mass is 10.1. The van der Waals surface area contributed by atoms with Crippen molar-refractivity contribution in [2.75, 3.05) is 20.3 Å². The predicted octanol–water partition coefficient (Wildman–Crippen LogP) is 3.49. The minimum atomic E-state index is -0.376. The summed E-state index contributed by atoms with van der Waals surface area (Å²) in [5.41, 5.74) is 2.12. The van der Waals surface area contributed by atoms with Crippen LogP contribution >= 0.6 is 11.3 Å². The number of methoxy groups -OCH3 is 1. The summed E-state index contributed by atoms with van der Waals surface area (Å²) in [6.07, 6.45) is 0. The Bertz CT molecular complexity index is 872. The predicted molar refractivity (Wildman–Crippen MR) is 104 cm³/mol. The number of esters is 1. The zero-order valence-corrected chi connectivity index (χ0v) is 16.2. The second-order valence-electron chi connectivity index (χ2n) is 6.10. The third-order valence-corrected chi connectivity index (χ3v) is 5.06. The molecule has 0 radical (unpaired) electrons. The van der Waals surface area contributed by atoms with Crippen molar-refractivity contribution in [3.05, 3.63) is 63.7 Å². The Morgan fingerprint density at radius 1 is 1.26 bits per heavy atom. The van der Waals surface area contributed by atoms with E-state index in [1.165, 1.54) is 12.0 Å². The number of rotatable bonds is 8. The lowest BCUT2D eigenvalue weighted by molar-refractivity contribution is 0.0600. The number of ether oxygens (including phenoxy) is 1. The first-order chi connectivity index (χ1) is 13.1. The number of carbonyl (C=O) groups is 1. The zero-order chi connectivity index (χ0) is 19.2. The molecule has 0 atom stereocenters. The minimum Gasteiger partial charge on any atom is -0.465 e. The van der Waals surface area contributed by atoms with Crippen molar-refractivity contribution in [2.24, 2.45) is 0 Å². The van der Waals surface area contributed by atoms with Crippen LogP contribution < -0.4 is 0 Å². The zero-order valence-electron chi connectivity index (χ0n) is 15.3. The average molecular weight is 386 g/mol. The molecule has 0 amide bonds. The molecule has 0 spiro atoms. The Balaban J connectivity index is 1.75. The topological polar surface area (TPSA) is 75.8 Å².